The summed E-state index contributed by atoms with van der Waals surface area (Å²) in [5.74, 6) is -0.810. The maximum Gasteiger partial charge on any atom is 0.472 e. The number of hydrogen-bond acceptors (Lipinski definition) is 8. The van der Waals surface area contributed by atoms with Gasteiger partial charge in [-0.1, -0.05) is 244 Å². The third-order valence-electron chi connectivity index (χ3n) is 12.2. The molecule has 0 aliphatic carbocycles. The minimum atomic E-state index is -4.38. The minimum absolute atomic E-state index is 0.0568. The maximum atomic E-state index is 12.7. The number of phosphoric acid groups is 1. The molecular weight excluding hydrogens is 810 g/mol. The van der Waals surface area contributed by atoms with Gasteiger partial charge in [-0.05, 0) is 38.5 Å². The molecule has 1 unspecified atom stereocenters. The smallest absolute Gasteiger partial charge is 0.462 e. The molecule has 0 aromatic rings. The van der Waals surface area contributed by atoms with E-state index in [1.54, 1.807) is 0 Å². The van der Waals surface area contributed by atoms with E-state index in [4.69, 9.17) is 24.3 Å². The van der Waals surface area contributed by atoms with Gasteiger partial charge in [0, 0.05) is 19.4 Å². The van der Waals surface area contributed by atoms with Gasteiger partial charge < -0.3 is 20.1 Å². The molecular formula is C53H104NO8P. The molecule has 0 aliphatic rings. The van der Waals surface area contributed by atoms with Gasteiger partial charge in [0.15, 0.2) is 6.10 Å². The Morgan fingerprint density at radius 1 is 0.460 bits per heavy atom. The molecule has 3 N–H and O–H groups in total. The average molecular weight is 914 g/mol. The lowest BCUT2D eigenvalue weighted by Gasteiger charge is -2.19. The Labute approximate surface area is 389 Å². The predicted octanol–water partition coefficient (Wildman–Crippen LogP) is 16.5. The first-order valence-electron chi connectivity index (χ1n) is 27.2. The van der Waals surface area contributed by atoms with Gasteiger partial charge in [0.1, 0.15) is 6.61 Å². The van der Waals surface area contributed by atoms with Crippen LogP contribution in [0.2, 0.25) is 0 Å². The molecule has 2 atom stereocenters. The van der Waals surface area contributed by atoms with Crippen LogP contribution in [0, 0.1) is 0 Å². The number of rotatable bonds is 52. The lowest BCUT2D eigenvalue weighted by Crippen LogP contribution is -2.29. The van der Waals surface area contributed by atoms with Crippen molar-refractivity contribution in [1.29, 1.82) is 0 Å². The molecule has 0 saturated heterocycles. The van der Waals surface area contributed by atoms with Crippen LogP contribution in [-0.2, 0) is 32.7 Å². The van der Waals surface area contributed by atoms with Crippen molar-refractivity contribution in [3.63, 3.8) is 0 Å². The number of unbranched alkanes of at least 4 members (excludes halogenated alkanes) is 37. The lowest BCUT2D eigenvalue weighted by molar-refractivity contribution is -0.161. The van der Waals surface area contributed by atoms with E-state index in [2.05, 4.69) is 26.0 Å². The van der Waals surface area contributed by atoms with Gasteiger partial charge in [-0.3, -0.25) is 18.6 Å². The van der Waals surface area contributed by atoms with Crippen LogP contribution in [0.15, 0.2) is 12.2 Å². The van der Waals surface area contributed by atoms with Gasteiger partial charge in [0.25, 0.3) is 0 Å². The molecule has 0 aliphatic heterocycles. The summed E-state index contributed by atoms with van der Waals surface area (Å²) in [5, 5.41) is 0. The molecule has 0 heterocycles. The third kappa shape index (κ3) is 50.0. The van der Waals surface area contributed by atoms with Crippen molar-refractivity contribution in [1.82, 2.24) is 0 Å². The number of ether oxygens (including phenoxy) is 2. The van der Waals surface area contributed by atoms with E-state index in [0.717, 1.165) is 32.1 Å². The number of esters is 2. The van der Waals surface area contributed by atoms with Crippen LogP contribution >= 0.6 is 7.82 Å². The Kier molecular flexibility index (Phi) is 49.2. The van der Waals surface area contributed by atoms with Crippen molar-refractivity contribution in [2.24, 2.45) is 5.73 Å². The summed E-state index contributed by atoms with van der Waals surface area (Å²) in [4.78, 5) is 35.1. The highest BCUT2D eigenvalue weighted by Gasteiger charge is 2.26. The van der Waals surface area contributed by atoms with Crippen molar-refractivity contribution < 1.29 is 37.6 Å². The quantitative estimate of drug-likeness (QED) is 0.0265. The zero-order valence-electron chi connectivity index (χ0n) is 41.6. The average Bonchev–Trinajstić information content (AvgIpc) is 3.27. The van der Waals surface area contributed by atoms with Crippen molar-refractivity contribution in [2.45, 2.75) is 290 Å². The zero-order chi connectivity index (χ0) is 46.0. The number of allylic oxidation sites excluding steroid dienone is 2. The second-order valence-corrected chi connectivity index (χ2v) is 19.9. The van der Waals surface area contributed by atoms with E-state index in [1.807, 2.05) is 0 Å². The first kappa shape index (κ1) is 61.8. The number of hydrogen-bond donors (Lipinski definition) is 2. The Bertz CT molecular complexity index is 1040. The molecule has 9 nitrogen and oxygen atoms in total. The molecule has 0 rings (SSSR count). The molecule has 0 saturated carbocycles. The highest BCUT2D eigenvalue weighted by molar-refractivity contribution is 7.47. The van der Waals surface area contributed by atoms with Gasteiger partial charge in [0.2, 0.25) is 0 Å². The maximum absolute atomic E-state index is 12.7. The molecule has 0 amide bonds. The van der Waals surface area contributed by atoms with Crippen LogP contribution in [0.3, 0.4) is 0 Å². The molecule has 374 valence electrons. The predicted molar refractivity (Wildman–Crippen MR) is 266 cm³/mol. The first-order chi connectivity index (χ1) is 30.8. The van der Waals surface area contributed by atoms with Crippen molar-refractivity contribution in [3.05, 3.63) is 12.2 Å². The molecule has 0 aromatic carbocycles. The van der Waals surface area contributed by atoms with E-state index in [1.165, 1.54) is 218 Å². The van der Waals surface area contributed by atoms with E-state index >= 15 is 0 Å². The van der Waals surface area contributed by atoms with Gasteiger partial charge in [-0.2, -0.15) is 0 Å². The highest BCUT2D eigenvalue weighted by Crippen LogP contribution is 2.43. The zero-order valence-corrected chi connectivity index (χ0v) is 42.5. The monoisotopic (exact) mass is 914 g/mol. The van der Waals surface area contributed by atoms with Gasteiger partial charge in [-0.25, -0.2) is 4.57 Å². The summed E-state index contributed by atoms with van der Waals surface area (Å²) >= 11 is 0. The lowest BCUT2D eigenvalue weighted by atomic mass is 10.0. The van der Waals surface area contributed by atoms with Gasteiger partial charge in [-0.15, -0.1) is 0 Å². The second-order valence-electron chi connectivity index (χ2n) is 18.5. The molecule has 10 heteroatoms. The fourth-order valence-corrected chi connectivity index (χ4v) is 8.87. The van der Waals surface area contributed by atoms with Crippen LogP contribution in [0.4, 0.5) is 0 Å². The molecule has 0 radical (unpaired) electrons. The summed E-state index contributed by atoms with van der Waals surface area (Å²) in [7, 11) is -4.38. The van der Waals surface area contributed by atoms with E-state index in [0.29, 0.717) is 6.42 Å². The molecule has 0 bridgehead atoms. The summed E-state index contributed by atoms with van der Waals surface area (Å²) in [6, 6.07) is 0. The van der Waals surface area contributed by atoms with Crippen molar-refractivity contribution >= 4 is 19.8 Å². The van der Waals surface area contributed by atoms with Crippen LogP contribution in [0.5, 0.6) is 0 Å². The van der Waals surface area contributed by atoms with Gasteiger partial charge in [0.05, 0.1) is 13.2 Å². The van der Waals surface area contributed by atoms with Crippen molar-refractivity contribution in [3.8, 4) is 0 Å². The Hall–Kier alpha value is -1.25. The van der Waals surface area contributed by atoms with E-state index in [9.17, 15) is 19.0 Å². The summed E-state index contributed by atoms with van der Waals surface area (Å²) in [6.07, 6.45) is 55.4. The number of phosphoric ester groups is 1. The molecule has 63 heavy (non-hydrogen) atoms. The number of carbonyl (C=O) groups is 2. The van der Waals surface area contributed by atoms with Crippen molar-refractivity contribution in [2.75, 3.05) is 26.4 Å². The van der Waals surface area contributed by atoms with E-state index in [-0.39, 0.29) is 38.6 Å². The summed E-state index contributed by atoms with van der Waals surface area (Å²) in [5.41, 5.74) is 5.37. The Balaban J connectivity index is 3.97. The third-order valence-corrected chi connectivity index (χ3v) is 13.1. The summed E-state index contributed by atoms with van der Waals surface area (Å²) in [6.45, 7) is 3.80. The Morgan fingerprint density at radius 2 is 0.778 bits per heavy atom. The summed E-state index contributed by atoms with van der Waals surface area (Å²) < 4.78 is 33.0. The normalized spacial score (nSPS) is 13.1. The Morgan fingerprint density at radius 3 is 1.13 bits per heavy atom. The van der Waals surface area contributed by atoms with Crippen LogP contribution in [0.25, 0.3) is 0 Å². The number of carbonyl (C=O) groups excluding carboxylic acids is 2. The minimum Gasteiger partial charge on any atom is -0.462 e. The molecule has 0 aromatic heterocycles. The van der Waals surface area contributed by atoms with Crippen LogP contribution in [0.1, 0.15) is 284 Å². The fraction of sp³-hybridized carbons (Fsp3) is 0.925. The fourth-order valence-electron chi connectivity index (χ4n) is 8.10. The van der Waals surface area contributed by atoms with Crippen LogP contribution in [-0.4, -0.2) is 49.3 Å². The topological polar surface area (TPSA) is 134 Å². The van der Waals surface area contributed by atoms with Crippen LogP contribution < -0.4 is 5.73 Å². The second kappa shape index (κ2) is 50.2. The molecule has 0 fully saturated rings. The molecule has 0 spiro atoms. The standard InChI is InChI=1S/C53H104NO8P/c1-3-5-7-9-11-13-15-17-19-21-23-25-27-29-31-33-35-37-39-41-43-45-52(55)59-49-51(50-61-63(57,58)60-48-47-54)62-53(56)46-44-42-40-38-36-34-32-30-28-26-24-22-20-18-16-14-12-10-8-6-4-2/h17,19,51H,3-16,18,20-50,54H2,1-2H3,(H,57,58)/t51-/m1/s1. The SMILES string of the molecule is CCCCCCCCC=CCCCCCCCCCCCCCC(=O)OC[C@H](COP(=O)(O)OCCN)OC(=O)CCCCCCCCCCCCCCCCCCCCCCC. The van der Waals surface area contributed by atoms with Gasteiger partial charge >= 0.3 is 19.8 Å². The highest BCUT2D eigenvalue weighted by atomic mass is 31.2. The number of nitrogens with two attached hydrogens (primary N) is 1. The largest absolute Gasteiger partial charge is 0.472 e. The first-order valence-corrected chi connectivity index (χ1v) is 28.7. The van der Waals surface area contributed by atoms with E-state index < -0.39 is 26.5 Å².